The van der Waals surface area contributed by atoms with E-state index in [1.165, 1.54) is 6.92 Å². The molecular weight excluding hydrogens is 448 g/mol. The molecular formula is C28H34O7. The number of epoxide rings is 1. The largest absolute Gasteiger partial charge is 0.472 e. The molecule has 0 bridgehead atoms. The van der Waals surface area contributed by atoms with E-state index in [0.29, 0.717) is 6.42 Å². The Morgan fingerprint density at radius 3 is 2.51 bits per heavy atom. The van der Waals surface area contributed by atoms with Gasteiger partial charge in [0.25, 0.3) is 0 Å². The number of cyclic esters (lactones) is 1. The third-order valence-corrected chi connectivity index (χ3v) is 10.7. The average Bonchev–Trinajstić information content (AvgIpc) is 3.27. The number of fused-ring (bicyclic) bond motifs is 3. The van der Waals surface area contributed by atoms with E-state index >= 15 is 0 Å². The van der Waals surface area contributed by atoms with E-state index in [0.717, 1.165) is 18.4 Å². The lowest BCUT2D eigenvalue weighted by Crippen LogP contribution is -2.69. The van der Waals surface area contributed by atoms with Crippen LogP contribution >= 0.6 is 0 Å². The number of esters is 2. The monoisotopic (exact) mass is 482 g/mol. The zero-order valence-electron chi connectivity index (χ0n) is 21.3. The van der Waals surface area contributed by atoms with Crippen molar-refractivity contribution in [1.29, 1.82) is 0 Å². The second kappa shape index (κ2) is 6.67. The van der Waals surface area contributed by atoms with Crippen LogP contribution in [0, 0.1) is 28.1 Å². The van der Waals surface area contributed by atoms with Crippen LogP contribution in [0.4, 0.5) is 0 Å². The van der Waals surface area contributed by atoms with Gasteiger partial charge in [0.2, 0.25) is 0 Å². The van der Waals surface area contributed by atoms with Gasteiger partial charge in [0.15, 0.2) is 5.78 Å². The number of rotatable bonds is 2. The Balaban J connectivity index is 1.54. The van der Waals surface area contributed by atoms with Gasteiger partial charge in [0.1, 0.15) is 23.4 Å². The summed E-state index contributed by atoms with van der Waals surface area (Å²) >= 11 is 0. The fourth-order valence-corrected chi connectivity index (χ4v) is 9.48. The van der Waals surface area contributed by atoms with E-state index in [-0.39, 0.29) is 35.5 Å². The molecule has 1 spiro atoms. The number of ether oxygens (including phenoxy) is 3. The van der Waals surface area contributed by atoms with Crippen molar-refractivity contribution >= 4 is 17.7 Å². The average molecular weight is 483 g/mol. The first-order chi connectivity index (χ1) is 16.3. The highest BCUT2D eigenvalue weighted by Gasteiger charge is 2.89. The van der Waals surface area contributed by atoms with Gasteiger partial charge < -0.3 is 18.6 Å². The molecule has 1 aromatic heterocycles. The molecule has 7 heteroatoms. The summed E-state index contributed by atoms with van der Waals surface area (Å²) in [5.74, 6) is -1.01. The van der Waals surface area contributed by atoms with Gasteiger partial charge in [-0.15, -0.1) is 0 Å². The number of furan rings is 1. The molecule has 0 aromatic carbocycles. The summed E-state index contributed by atoms with van der Waals surface area (Å²) in [6.07, 6.45) is 7.94. The van der Waals surface area contributed by atoms with Gasteiger partial charge in [-0.2, -0.15) is 0 Å². The fourth-order valence-electron chi connectivity index (χ4n) is 9.48. The highest BCUT2D eigenvalue weighted by molar-refractivity contribution is 5.98. The molecule has 6 rings (SSSR count). The molecule has 3 saturated carbocycles. The molecule has 1 saturated heterocycles. The van der Waals surface area contributed by atoms with Gasteiger partial charge in [0.05, 0.1) is 18.4 Å². The smallest absolute Gasteiger partial charge is 0.330 e. The van der Waals surface area contributed by atoms with Crippen molar-refractivity contribution in [2.24, 2.45) is 28.1 Å². The second-order valence-corrected chi connectivity index (χ2v) is 12.5. The van der Waals surface area contributed by atoms with Crippen LogP contribution < -0.4 is 0 Å². The normalized spacial score (nSPS) is 49.1. The van der Waals surface area contributed by atoms with Crippen molar-refractivity contribution in [2.75, 3.05) is 0 Å². The van der Waals surface area contributed by atoms with Crippen LogP contribution in [0.2, 0.25) is 0 Å². The van der Waals surface area contributed by atoms with E-state index in [2.05, 4.69) is 20.8 Å². The minimum atomic E-state index is -0.759. The van der Waals surface area contributed by atoms with Crippen molar-refractivity contribution in [1.82, 2.24) is 0 Å². The molecule has 5 aliphatic rings. The molecule has 4 fully saturated rings. The van der Waals surface area contributed by atoms with Crippen LogP contribution in [0.3, 0.4) is 0 Å². The van der Waals surface area contributed by atoms with Gasteiger partial charge in [-0.3, -0.25) is 9.59 Å². The summed E-state index contributed by atoms with van der Waals surface area (Å²) in [6.45, 7) is 11.8. The van der Waals surface area contributed by atoms with Crippen LogP contribution in [-0.2, 0) is 28.6 Å². The number of ketones is 1. The highest BCUT2D eigenvalue weighted by atomic mass is 16.6. The van der Waals surface area contributed by atoms with Crippen molar-refractivity contribution in [2.45, 2.75) is 90.1 Å². The number of allylic oxidation sites excluding steroid dienone is 1. The minimum absolute atomic E-state index is 0.0112. The first-order valence-corrected chi connectivity index (χ1v) is 12.7. The lowest BCUT2D eigenvalue weighted by Gasteiger charge is -2.66. The van der Waals surface area contributed by atoms with Crippen LogP contribution in [0.1, 0.15) is 72.3 Å². The Labute approximate surface area is 205 Å². The van der Waals surface area contributed by atoms with Crippen molar-refractivity contribution in [3.63, 3.8) is 0 Å². The first kappa shape index (κ1) is 23.0. The zero-order valence-corrected chi connectivity index (χ0v) is 21.3. The molecule has 7 nitrogen and oxygen atoms in total. The van der Waals surface area contributed by atoms with Gasteiger partial charge in [-0.1, -0.05) is 26.8 Å². The van der Waals surface area contributed by atoms with Crippen molar-refractivity contribution in [3.8, 4) is 0 Å². The predicted octanol–water partition coefficient (Wildman–Crippen LogP) is 4.36. The maximum Gasteiger partial charge on any atom is 0.330 e. The van der Waals surface area contributed by atoms with Crippen molar-refractivity contribution < 1.29 is 33.0 Å². The molecule has 3 aliphatic carbocycles. The topological polar surface area (TPSA) is 95.3 Å². The summed E-state index contributed by atoms with van der Waals surface area (Å²) in [7, 11) is 0. The van der Waals surface area contributed by atoms with E-state index in [4.69, 9.17) is 18.6 Å². The molecule has 3 heterocycles. The van der Waals surface area contributed by atoms with Crippen LogP contribution in [0.5, 0.6) is 0 Å². The van der Waals surface area contributed by atoms with Crippen LogP contribution in [-0.4, -0.2) is 41.1 Å². The summed E-state index contributed by atoms with van der Waals surface area (Å²) < 4.78 is 23.9. The summed E-state index contributed by atoms with van der Waals surface area (Å²) in [5.41, 5.74) is -2.14. The quantitative estimate of drug-likeness (QED) is 0.457. The number of carbonyl (C=O) groups is 3. The molecule has 9 atom stereocenters. The van der Waals surface area contributed by atoms with Crippen molar-refractivity contribution in [3.05, 3.63) is 36.3 Å². The number of Topliss-reactive ketones (excluding diaryl/α,β-unsaturated/α-hetero) is 1. The van der Waals surface area contributed by atoms with Crippen LogP contribution in [0.25, 0.3) is 0 Å². The summed E-state index contributed by atoms with van der Waals surface area (Å²) in [4.78, 5) is 38.7. The molecule has 35 heavy (non-hydrogen) atoms. The molecule has 0 amide bonds. The molecule has 0 N–H and O–H groups in total. The Hall–Kier alpha value is -2.41. The maximum atomic E-state index is 13.8. The lowest BCUT2D eigenvalue weighted by molar-refractivity contribution is -0.239. The minimum Gasteiger partial charge on any atom is -0.472 e. The summed E-state index contributed by atoms with van der Waals surface area (Å²) in [5, 5.41) is 0. The van der Waals surface area contributed by atoms with Crippen LogP contribution in [0.15, 0.2) is 35.2 Å². The first-order valence-electron chi connectivity index (χ1n) is 12.7. The van der Waals surface area contributed by atoms with Gasteiger partial charge in [-0.05, 0) is 50.5 Å². The number of hydrogen-bond acceptors (Lipinski definition) is 7. The Kier molecular flexibility index (Phi) is 4.38. The third kappa shape index (κ3) is 2.53. The fraction of sp³-hybridized carbons (Fsp3) is 0.679. The third-order valence-electron chi connectivity index (χ3n) is 10.7. The Bertz CT molecular complexity index is 1150. The number of hydrogen-bond donors (Lipinski definition) is 0. The molecule has 0 unspecified atom stereocenters. The van der Waals surface area contributed by atoms with Gasteiger partial charge >= 0.3 is 11.9 Å². The van der Waals surface area contributed by atoms with Gasteiger partial charge in [-0.25, -0.2) is 4.79 Å². The lowest BCUT2D eigenvalue weighted by atomic mass is 9.38. The highest BCUT2D eigenvalue weighted by Crippen LogP contribution is 2.81. The second-order valence-electron chi connectivity index (χ2n) is 12.5. The standard InChI is InChI=1S/C28H34O7/c1-15(29)33-19-13-18-24(2,3)34-20(30)8-10-25(18,4)17-7-11-26(5)21(16-9-12-32-14-16)22(31)23-28(26,35-23)27(17,19)6/h8-10,12,14,17-19,21,23H,7,11,13H2,1-6H3/t17-,18+,19+,21-,23+,25+,26+,27+,28+/m1/s1. The summed E-state index contributed by atoms with van der Waals surface area (Å²) in [6, 6.07) is 1.88. The van der Waals surface area contributed by atoms with E-state index in [9.17, 15) is 14.4 Å². The molecule has 188 valence electrons. The molecule has 1 aromatic rings. The predicted molar refractivity (Wildman–Crippen MR) is 124 cm³/mol. The Morgan fingerprint density at radius 1 is 1.11 bits per heavy atom. The maximum absolute atomic E-state index is 13.8. The molecule has 2 aliphatic heterocycles. The van der Waals surface area contributed by atoms with Gasteiger partial charge in [0, 0.05) is 35.3 Å². The number of carbonyl (C=O) groups excluding carboxylic acids is 3. The van der Waals surface area contributed by atoms with E-state index in [1.54, 1.807) is 18.6 Å². The van der Waals surface area contributed by atoms with E-state index in [1.807, 2.05) is 26.0 Å². The Morgan fingerprint density at radius 2 is 1.86 bits per heavy atom. The SMILES string of the molecule is CC(=O)O[C@H]1C[C@H]2C(C)(C)OC(=O)C=C[C@@]2(C)[C@H]2CC[C@@]3(C)[C@H](c4ccoc4)C(=O)[C@@H]4O[C@@]43[C@]12C. The zero-order chi connectivity index (χ0) is 25.2. The van der Waals surface area contributed by atoms with E-state index < -0.39 is 39.7 Å². The molecule has 0 radical (unpaired) electrons.